The van der Waals surface area contributed by atoms with Crippen LogP contribution in [0.1, 0.15) is 72.1 Å². The average molecular weight is 335 g/mol. The van der Waals surface area contributed by atoms with E-state index in [0.29, 0.717) is 30.0 Å². The molecule has 2 N–H and O–H groups in total. The summed E-state index contributed by atoms with van der Waals surface area (Å²) in [5.74, 6) is 2.58. The van der Waals surface area contributed by atoms with Gasteiger partial charge in [-0.05, 0) is 86.4 Å². The number of hydrogen-bond acceptors (Lipinski definition) is 3. The molecule has 4 rings (SSSR count). The van der Waals surface area contributed by atoms with Gasteiger partial charge < -0.3 is 10.2 Å². The Bertz CT molecular complexity index is 529. The van der Waals surface area contributed by atoms with Gasteiger partial charge >= 0.3 is 0 Å². The van der Waals surface area contributed by atoms with Crippen LogP contribution in [0.2, 0.25) is 0 Å². The monoisotopic (exact) mass is 334 g/mol. The zero-order valence-electron chi connectivity index (χ0n) is 15.5. The van der Waals surface area contributed by atoms with Crippen molar-refractivity contribution in [2.24, 2.45) is 40.4 Å². The molecule has 4 aliphatic rings. The molecule has 3 heteroatoms. The molecule has 136 valence electrons. The summed E-state index contributed by atoms with van der Waals surface area (Å²) in [6.45, 7) is 6.55. The van der Waals surface area contributed by atoms with Crippen molar-refractivity contribution in [2.45, 2.75) is 84.3 Å². The number of ketones is 1. The Balaban J connectivity index is 1.67. The number of hydrogen-bond donors (Lipinski definition) is 2. The Morgan fingerprint density at radius 2 is 1.83 bits per heavy atom. The Labute approximate surface area is 146 Å². The molecule has 24 heavy (non-hydrogen) atoms. The second-order valence-electron chi connectivity index (χ2n) is 10.0. The highest BCUT2D eigenvalue weighted by Crippen LogP contribution is 2.66. The summed E-state index contributed by atoms with van der Waals surface area (Å²) in [5.41, 5.74) is 0.104. The van der Waals surface area contributed by atoms with E-state index >= 15 is 0 Å². The van der Waals surface area contributed by atoms with Gasteiger partial charge in [0.15, 0.2) is 0 Å². The minimum Gasteiger partial charge on any atom is -0.393 e. The first-order valence-corrected chi connectivity index (χ1v) is 10.2. The van der Waals surface area contributed by atoms with Crippen molar-refractivity contribution in [2.75, 3.05) is 0 Å². The lowest BCUT2D eigenvalue weighted by molar-refractivity contribution is -0.163. The van der Waals surface area contributed by atoms with Gasteiger partial charge in [0.25, 0.3) is 0 Å². The average Bonchev–Trinajstić information content (AvgIpc) is 2.84. The molecule has 0 radical (unpaired) electrons. The minimum atomic E-state index is -0.305. The van der Waals surface area contributed by atoms with Crippen LogP contribution in [-0.2, 0) is 4.79 Å². The van der Waals surface area contributed by atoms with Gasteiger partial charge in [-0.15, -0.1) is 0 Å². The van der Waals surface area contributed by atoms with E-state index < -0.39 is 0 Å². The molecule has 0 aromatic heterocycles. The zero-order valence-corrected chi connectivity index (χ0v) is 15.5. The third-order valence-corrected chi connectivity index (χ3v) is 8.98. The normalized spacial score (nSPS) is 55.5. The summed E-state index contributed by atoms with van der Waals surface area (Å²) in [6, 6.07) is 0. The summed E-state index contributed by atoms with van der Waals surface area (Å²) in [7, 11) is 0. The molecule has 9 atom stereocenters. The second kappa shape index (κ2) is 5.54. The van der Waals surface area contributed by atoms with Gasteiger partial charge in [0.2, 0.25) is 0 Å². The summed E-state index contributed by atoms with van der Waals surface area (Å²) < 4.78 is 0. The predicted molar refractivity (Wildman–Crippen MR) is 93.3 cm³/mol. The fourth-order valence-corrected chi connectivity index (χ4v) is 7.88. The molecule has 0 amide bonds. The molecule has 0 aromatic rings. The lowest BCUT2D eigenvalue weighted by Gasteiger charge is -2.60. The number of carbonyl (C=O) groups is 1. The van der Waals surface area contributed by atoms with Crippen molar-refractivity contribution in [1.82, 2.24) is 0 Å². The van der Waals surface area contributed by atoms with Crippen LogP contribution < -0.4 is 0 Å². The number of rotatable bonds is 1. The molecule has 0 heterocycles. The number of aliphatic hydroxyl groups is 2. The van der Waals surface area contributed by atoms with E-state index in [2.05, 4.69) is 13.8 Å². The summed E-state index contributed by atoms with van der Waals surface area (Å²) in [6.07, 6.45) is 7.56. The molecule has 0 spiro atoms. The molecule has 4 saturated carbocycles. The van der Waals surface area contributed by atoms with Crippen LogP contribution in [0.5, 0.6) is 0 Å². The van der Waals surface area contributed by atoms with E-state index in [1.807, 2.05) is 6.92 Å². The Hall–Kier alpha value is -0.410. The Kier molecular flexibility index (Phi) is 3.93. The highest BCUT2D eigenvalue weighted by atomic mass is 16.3. The van der Waals surface area contributed by atoms with Gasteiger partial charge in [-0.25, -0.2) is 0 Å². The van der Waals surface area contributed by atoms with E-state index in [0.717, 1.165) is 32.1 Å². The van der Waals surface area contributed by atoms with E-state index in [4.69, 9.17) is 0 Å². The lowest BCUT2D eigenvalue weighted by Crippen LogP contribution is -2.58. The number of fused-ring (bicyclic) bond motifs is 5. The van der Waals surface area contributed by atoms with Crippen LogP contribution in [0, 0.1) is 40.4 Å². The maximum atomic E-state index is 13.3. The fourth-order valence-electron chi connectivity index (χ4n) is 7.88. The molecule has 4 aliphatic carbocycles. The maximum Gasteiger partial charge on any atom is 0.137 e. The topological polar surface area (TPSA) is 57.5 Å². The molecule has 3 nitrogen and oxygen atoms in total. The van der Waals surface area contributed by atoms with Gasteiger partial charge in [0.05, 0.1) is 12.2 Å². The van der Waals surface area contributed by atoms with Gasteiger partial charge in [0.1, 0.15) is 5.78 Å². The van der Waals surface area contributed by atoms with Crippen molar-refractivity contribution in [3.63, 3.8) is 0 Å². The van der Waals surface area contributed by atoms with Crippen LogP contribution in [0.15, 0.2) is 0 Å². The van der Waals surface area contributed by atoms with Gasteiger partial charge in [-0.2, -0.15) is 0 Å². The van der Waals surface area contributed by atoms with Crippen molar-refractivity contribution < 1.29 is 15.0 Å². The molecule has 0 saturated heterocycles. The standard InChI is InChI=1S/C21H34O3/c1-12(22)16-6-7-17-15-5-4-13-10-14(23)8-9-20(13,2)19(15)18(24)11-21(16,17)3/h12-17,19,22-23H,4-11H2,1-3H3/t12-,13+,14+,15-,16+,17-,19-,20-,21+/m0/s1. The summed E-state index contributed by atoms with van der Waals surface area (Å²) in [4.78, 5) is 13.3. The molecule has 0 bridgehead atoms. The van der Waals surface area contributed by atoms with E-state index in [9.17, 15) is 15.0 Å². The van der Waals surface area contributed by atoms with E-state index in [-0.39, 0.29) is 34.9 Å². The molecule has 4 fully saturated rings. The van der Waals surface area contributed by atoms with Crippen LogP contribution >= 0.6 is 0 Å². The van der Waals surface area contributed by atoms with Gasteiger partial charge in [-0.3, -0.25) is 4.79 Å². The van der Waals surface area contributed by atoms with Crippen LogP contribution in [-0.4, -0.2) is 28.2 Å². The first-order chi connectivity index (χ1) is 11.3. The third kappa shape index (κ3) is 2.19. The van der Waals surface area contributed by atoms with Crippen LogP contribution in [0.3, 0.4) is 0 Å². The first kappa shape index (κ1) is 17.0. The Morgan fingerprint density at radius 1 is 1.08 bits per heavy atom. The molecule has 0 unspecified atom stereocenters. The quantitative estimate of drug-likeness (QED) is 0.771. The van der Waals surface area contributed by atoms with Crippen molar-refractivity contribution >= 4 is 5.78 Å². The zero-order chi connectivity index (χ0) is 17.3. The lowest BCUT2D eigenvalue weighted by atomic mass is 9.44. The number of aliphatic hydroxyl groups excluding tert-OH is 2. The van der Waals surface area contributed by atoms with Crippen molar-refractivity contribution in [3.8, 4) is 0 Å². The van der Waals surface area contributed by atoms with Gasteiger partial charge in [-0.1, -0.05) is 13.8 Å². The number of Topliss-reactive ketones (excluding diaryl/α,β-unsaturated/α-hetero) is 1. The largest absolute Gasteiger partial charge is 0.393 e. The van der Waals surface area contributed by atoms with Gasteiger partial charge in [0, 0.05) is 12.3 Å². The summed E-state index contributed by atoms with van der Waals surface area (Å²) >= 11 is 0. The predicted octanol–water partition coefficient (Wildman–Crippen LogP) is 3.57. The molecular weight excluding hydrogens is 300 g/mol. The first-order valence-electron chi connectivity index (χ1n) is 10.2. The van der Waals surface area contributed by atoms with Crippen LogP contribution in [0.4, 0.5) is 0 Å². The highest BCUT2D eigenvalue weighted by molar-refractivity contribution is 5.84. The molecule has 0 aromatic carbocycles. The molecular formula is C21H34O3. The van der Waals surface area contributed by atoms with Crippen molar-refractivity contribution in [3.05, 3.63) is 0 Å². The fraction of sp³-hybridized carbons (Fsp3) is 0.952. The van der Waals surface area contributed by atoms with E-state index in [1.165, 1.54) is 12.8 Å². The smallest absolute Gasteiger partial charge is 0.137 e. The highest BCUT2D eigenvalue weighted by Gasteiger charge is 2.63. The number of carbonyl (C=O) groups excluding carboxylic acids is 1. The Morgan fingerprint density at radius 3 is 2.54 bits per heavy atom. The second-order valence-corrected chi connectivity index (χ2v) is 10.0. The third-order valence-electron chi connectivity index (χ3n) is 8.98. The van der Waals surface area contributed by atoms with E-state index in [1.54, 1.807) is 0 Å². The minimum absolute atomic E-state index is 0.00376. The maximum absolute atomic E-state index is 13.3. The van der Waals surface area contributed by atoms with Crippen LogP contribution in [0.25, 0.3) is 0 Å². The van der Waals surface area contributed by atoms with Crippen molar-refractivity contribution in [1.29, 1.82) is 0 Å². The summed E-state index contributed by atoms with van der Waals surface area (Å²) in [5, 5.41) is 20.4. The SMILES string of the molecule is C[C@H](O)[C@H]1CC[C@H]2[C@@H]3CC[C@@H]4C[C@H](O)CC[C@]4(C)[C@@H]3C(=O)C[C@]12C. The molecule has 0 aliphatic heterocycles.